The monoisotopic (exact) mass is 284 g/mol. The van der Waals surface area contributed by atoms with Crippen molar-refractivity contribution in [3.8, 4) is 11.8 Å². The Hall–Kier alpha value is -2.12. The zero-order valence-electron chi connectivity index (χ0n) is 11.5. The van der Waals surface area contributed by atoms with Gasteiger partial charge in [-0.3, -0.25) is 0 Å². The van der Waals surface area contributed by atoms with Crippen LogP contribution in [-0.2, 0) is 5.75 Å². The zero-order chi connectivity index (χ0) is 14.5. The number of nitriles is 1. The van der Waals surface area contributed by atoms with Gasteiger partial charge in [-0.25, -0.2) is 0 Å². The number of nitrogens with zero attached hydrogens (tertiary/aromatic N) is 1. The van der Waals surface area contributed by atoms with E-state index in [-0.39, 0.29) is 0 Å². The van der Waals surface area contributed by atoms with Crippen molar-refractivity contribution in [3.63, 3.8) is 0 Å². The van der Waals surface area contributed by atoms with Gasteiger partial charge < -0.3 is 10.5 Å². The summed E-state index contributed by atoms with van der Waals surface area (Å²) in [5, 5.41) is 9.09. The molecule has 2 N–H and O–H groups in total. The lowest BCUT2D eigenvalue weighted by atomic mass is 10.1. The first-order valence-corrected chi connectivity index (χ1v) is 7.19. The molecule has 2 rings (SSSR count). The summed E-state index contributed by atoms with van der Waals surface area (Å²) in [5.74, 6) is 1.41. The van der Waals surface area contributed by atoms with Crippen LogP contribution >= 0.6 is 11.8 Å². The van der Waals surface area contributed by atoms with E-state index in [9.17, 15) is 0 Å². The number of hydrogen-bond donors (Lipinski definition) is 1. The van der Waals surface area contributed by atoms with Gasteiger partial charge in [0, 0.05) is 16.3 Å². The van der Waals surface area contributed by atoms with Crippen molar-refractivity contribution in [2.45, 2.75) is 17.6 Å². The summed E-state index contributed by atoms with van der Waals surface area (Å²) in [6.45, 7) is 2.02. The molecule has 0 aromatic heterocycles. The fourth-order valence-corrected chi connectivity index (χ4v) is 2.89. The van der Waals surface area contributed by atoms with Crippen LogP contribution in [0.3, 0.4) is 0 Å². The SMILES string of the molecule is COc1ccc(CSc2cccc(N)c2C)cc1C#N. The van der Waals surface area contributed by atoms with E-state index in [4.69, 9.17) is 15.7 Å². The van der Waals surface area contributed by atoms with Gasteiger partial charge in [0.15, 0.2) is 0 Å². The number of anilines is 1. The number of nitrogens with two attached hydrogens (primary N) is 1. The second-order valence-electron chi connectivity index (χ2n) is 4.41. The third-order valence-electron chi connectivity index (χ3n) is 3.10. The van der Waals surface area contributed by atoms with Crippen molar-refractivity contribution in [1.29, 1.82) is 5.26 Å². The van der Waals surface area contributed by atoms with Crippen molar-refractivity contribution in [2.75, 3.05) is 12.8 Å². The van der Waals surface area contributed by atoms with Crippen LogP contribution in [0.25, 0.3) is 0 Å². The highest BCUT2D eigenvalue weighted by Crippen LogP contribution is 2.30. The summed E-state index contributed by atoms with van der Waals surface area (Å²) < 4.78 is 5.14. The minimum atomic E-state index is 0.565. The predicted octanol–water partition coefficient (Wildman–Crippen LogP) is 3.75. The molecule has 0 saturated carbocycles. The van der Waals surface area contributed by atoms with Gasteiger partial charge in [-0.05, 0) is 42.3 Å². The molecule has 0 spiro atoms. The molecular formula is C16H16N2OS. The number of nitrogen functional groups attached to an aromatic ring is 1. The Kier molecular flexibility index (Phi) is 4.54. The van der Waals surface area contributed by atoms with Crippen LogP contribution < -0.4 is 10.5 Å². The Labute approximate surface area is 123 Å². The molecule has 0 bridgehead atoms. The molecule has 0 aliphatic rings. The zero-order valence-corrected chi connectivity index (χ0v) is 12.3. The summed E-state index contributed by atoms with van der Waals surface area (Å²) in [6, 6.07) is 13.8. The minimum Gasteiger partial charge on any atom is -0.495 e. The number of hydrogen-bond acceptors (Lipinski definition) is 4. The summed E-state index contributed by atoms with van der Waals surface area (Å²) in [5.41, 5.74) is 9.47. The molecule has 0 fully saturated rings. The number of ether oxygens (including phenoxy) is 1. The highest BCUT2D eigenvalue weighted by molar-refractivity contribution is 7.98. The van der Waals surface area contributed by atoms with E-state index in [1.807, 2.05) is 37.3 Å². The normalized spacial score (nSPS) is 10.1. The largest absolute Gasteiger partial charge is 0.495 e. The highest BCUT2D eigenvalue weighted by Gasteiger charge is 2.06. The van der Waals surface area contributed by atoms with Crippen LogP contribution in [0.2, 0.25) is 0 Å². The van der Waals surface area contributed by atoms with E-state index >= 15 is 0 Å². The highest BCUT2D eigenvalue weighted by atomic mass is 32.2. The van der Waals surface area contributed by atoms with Gasteiger partial charge in [0.2, 0.25) is 0 Å². The average Bonchev–Trinajstić information content (AvgIpc) is 2.48. The molecule has 0 radical (unpaired) electrons. The summed E-state index contributed by atoms with van der Waals surface area (Å²) in [6.07, 6.45) is 0. The summed E-state index contributed by atoms with van der Waals surface area (Å²) >= 11 is 1.72. The Morgan fingerprint density at radius 2 is 2.10 bits per heavy atom. The Balaban J connectivity index is 2.15. The van der Waals surface area contributed by atoms with Gasteiger partial charge in [0.25, 0.3) is 0 Å². The van der Waals surface area contributed by atoms with Crippen LogP contribution in [-0.4, -0.2) is 7.11 Å². The number of benzene rings is 2. The molecular weight excluding hydrogens is 268 g/mol. The number of thioether (sulfide) groups is 1. The molecule has 0 heterocycles. The third-order valence-corrected chi connectivity index (χ3v) is 4.34. The fraction of sp³-hybridized carbons (Fsp3) is 0.188. The molecule has 4 heteroatoms. The second-order valence-corrected chi connectivity index (χ2v) is 5.42. The quantitative estimate of drug-likeness (QED) is 0.686. The minimum absolute atomic E-state index is 0.565. The summed E-state index contributed by atoms with van der Waals surface area (Å²) in [7, 11) is 1.57. The van der Waals surface area contributed by atoms with Crippen molar-refractivity contribution in [2.24, 2.45) is 0 Å². The smallest absolute Gasteiger partial charge is 0.136 e. The molecule has 102 valence electrons. The molecule has 0 aliphatic heterocycles. The Bertz CT molecular complexity index is 662. The first kappa shape index (κ1) is 14.3. The topological polar surface area (TPSA) is 59.0 Å². The van der Waals surface area contributed by atoms with Crippen LogP contribution in [0.5, 0.6) is 5.75 Å². The van der Waals surface area contributed by atoms with Crippen LogP contribution in [0.4, 0.5) is 5.69 Å². The third kappa shape index (κ3) is 3.06. The molecule has 0 amide bonds. The maximum atomic E-state index is 9.09. The first-order valence-electron chi connectivity index (χ1n) is 6.20. The Morgan fingerprint density at radius 3 is 2.80 bits per heavy atom. The molecule has 0 unspecified atom stereocenters. The molecule has 0 saturated heterocycles. The van der Waals surface area contributed by atoms with Gasteiger partial charge in [-0.1, -0.05) is 12.1 Å². The van der Waals surface area contributed by atoms with E-state index < -0.39 is 0 Å². The predicted molar refractivity (Wildman–Crippen MR) is 82.9 cm³/mol. The van der Waals surface area contributed by atoms with Crippen LogP contribution in [0, 0.1) is 18.3 Å². The van der Waals surface area contributed by atoms with E-state index in [0.717, 1.165) is 22.6 Å². The van der Waals surface area contributed by atoms with Gasteiger partial charge in [-0.2, -0.15) is 5.26 Å². The molecule has 2 aromatic rings. The molecule has 0 aliphatic carbocycles. The number of methoxy groups -OCH3 is 1. The molecule has 20 heavy (non-hydrogen) atoms. The maximum Gasteiger partial charge on any atom is 0.136 e. The molecule has 3 nitrogen and oxygen atoms in total. The van der Waals surface area contributed by atoms with E-state index in [0.29, 0.717) is 11.3 Å². The van der Waals surface area contributed by atoms with Gasteiger partial charge in [0.1, 0.15) is 11.8 Å². The van der Waals surface area contributed by atoms with Gasteiger partial charge in [-0.15, -0.1) is 11.8 Å². The Morgan fingerprint density at radius 1 is 1.30 bits per heavy atom. The number of rotatable bonds is 4. The average molecular weight is 284 g/mol. The van der Waals surface area contributed by atoms with Crippen molar-refractivity contribution in [3.05, 3.63) is 53.1 Å². The van der Waals surface area contributed by atoms with Crippen molar-refractivity contribution < 1.29 is 4.74 Å². The lowest BCUT2D eigenvalue weighted by Crippen LogP contribution is -1.92. The van der Waals surface area contributed by atoms with Gasteiger partial charge in [0.05, 0.1) is 12.7 Å². The molecule has 2 aromatic carbocycles. The van der Waals surface area contributed by atoms with Crippen molar-refractivity contribution in [1.82, 2.24) is 0 Å². The summed E-state index contributed by atoms with van der Waals surface area (Å²) in [4.78, 5) is 1.17. The van der Waals surface area contributed by atoms with Crippen molar-refractivity contribution >= 4 is 17.4 Å². The first-order chi connectivity index (χ1) is 9.65. The molecule has 0 atom stereocenters. The van der Waals surface area contributed by atoms with Crippen LogP contribution in [0.15, 0.2) is 41.3 Å². The van der Waals surface area contributed by atoms with Crippen LogP contribution in [0.1, 0.15) is 16.7 Å². The standard InChI is InChI=1S/C16H16N2OS/c1-11-14(18)4-3-5-16(11)20-10-12-6-7-15(19-2)13(8-12)9-17/h3-8H,10,18H2,1-2H3. The lowest BCUT2D eigenvalue weighted by molar-refractivity contribution is 0.413. The van der Waals surface area contributed by atoms with E-state index in [1.54, 1.807) is 18.9 Å². The maximum absolute atomic E-state index is 9.09. The second kappa shape index (κ2) is 6.36. The lowest BCUT2D eigenvalue weighted by Gasteiger charge is -2.09. The van der Waals surface area contributed by atoms with Gasteiger partial charge >= 0.3 is 0 Å². The van der Waals surface area contributed by atoms with E-state index in [1.165, 1.54) is 4.90 Å². The van der Waals surface area contributed by atoms with E-state index in [2.05, 4.69) is 12.1 Å². The fourth-order valence-electron chi connectivity index (χ4n) is 1.88.